The summed E-state index contributed by atoms with van der Waals surface area (Å²) in [7, 11) is 0. The molecule has 4 rings (SSSR count). The highest BCUT2D eigenvalue weighted by Gasteiger charge is 2.14. The molecule has 1 heterocycles. The summed E-state index contributed by atoms with van der Waals surface area (Å²) in [4.78, 5) is 4.85. The minimum absolute atomic E-state index is 0.159. The maximum absolute atomic E-state index is 6.00. The van der Waals surface area contributed by atoms with Crippen LogP contribution in [-0.2, 0) is 12.0 Å². The smallest absolute Gasteiger partial charge is 0.134 e. The second-order valence-electron chi connectivity index (χ2n) is 8.38. The average Bonchev–Trinajstić information content (AvgIpc) is 3.05. The van der Waals surface area contributed by atoms with Crippen molar-refractivity contribution in [1.29, 1.82) is 0 Å². The quantitative estimate of drug-likeness (QED) is 0.354. The molecule has 0 radical (unpaired) electrons. The zero-order valence-corrected chi connectivity index (χ0v) is 17.8. The highest BCUT2D eigenvalue weighted by molar-refractivity contribution is 6.30. The molecule has 0 N–H and O–H groups in total. The van der Waals surface area contributed by atoms with Gasteiger partial charge in [0.25, 0.3) is 0 Å². The van der Waals surface area contributed by atoms with Crippen molar-refractivity contribution in [2.75, 3.05) is 0 Å². The fourth-order valence-corrected chi connectivity index (χ4v) is 3.55. The molecular weight excluding hydrogens is 376 g/mol. The standard InChI is InChI=1S/C26H25ClN2/c1-26(2,3)21-13-8-20(9-14-21)18-29-24-7-5-4-6-23(24)28-25(29)17-12-19-10-15-22(27)16-11-19/h4-17H,18H2,1-3H3. The number of halogens is 1. The first kappa shape index (κ1) is 19.5. The van der Waals surface area contributed by atoms with Gasteiger partial charge in [0.15, 0.2) is 0 Å². The van der Waals surface area contributed by atoms with E-state index in [2.05, 4.69) is 80.0 Å². The van der Waals surface area contributed by atoms with Gasteiger partial charge in [-0.05, 0) is 52.4 Å². The van der Waals surface area contributed by atoms with Crippen molar-refractivity contribution in [3.05, 3.63) is 100 Å². The van der Waals surface area contributed by atoms with Gasteiger partial charge in [-0.25, -0.2) is 4.98 Å². The topological polar surface area (TPSA) is 17.8 Å². The van der Waals surface area contributed by atoms with Crippen molar-refractivity contribution in [2.24, 2.45) is 0 Å². The first-order chi connectivity index (χ1) is 13.9. The highest BCUT2D eigenvalue weighted by atomic mass is 35.5. The predicted molar refractivity (Wildman–Crippen MR) is 124 cm³/mol. The summed E-state index contributed by atoms with van der Waals surface area (Å²) in [5.41, 5.74) is 6.02. The Morgan fingerprint density at radius 3 is 2.24 bits per heavy atom. The van der Waals surface area contributed by atoms with Crippen LogP contribution in [0, 0.1) is 0 Å². The third-order valence-corrected chi connectivity index (χ3v) is 5.39. The van der Waals surface area contributed by atoms with Crippen LogP contribution in [0.25, 0.3) is 23.2 Å². The lowest BCUT2D eigenvalue weighted by atomic mass is 9.87. The second-order valence-corrected chi connectivity index (χ2v) is 8.81. The van der Waals surface area contributed by atoms with Crippen molar-refractivity contribution in [3.8, 4) is 0 Å². The number of imidazole rings is 1. The van der Waals surface area contributed by atoms with Gasteiger partial charge in [-0.15, -0.1) is 0 Å². The largest absolute Gasteiger partial charge is 0.320 e. The van der Waals surface area contributed by atoms with Gasteiger partial charge < -0.3 is 4.57 Å². The third kappa shape index (κ3) is 4.44. The number of aromatic nitrogens is 2. The van der Waals surface area contributed by atoms with E-state index < -0.39 is 0 Å². The summed E-state index contributed by atoms with van der Waals surface area (Å²) in [6, 6.07) is 25.0. The van der Waals surface area contributed by atoms with Gasteiger partial charge in [0, 0.05) is 11.6 Å². The molecule has 29 heavy (non-hydrogen) atoms. The van der Waals surface area contributed by atoms with Gasteiger partial charge in [0.05, 0.1) is 11.0 Å². The Morgan fingerprint density at radius 2 is 1.55 bits per heavy atom. The molecule has 0 bridgehead atoms. The van der Waals surface area contributed by atoms with E-state index in [0.29, 0.717) is 0 Å². The normalized spacial score (nSPS) is 12.1. The van der Waals surface area contributed by atoms with Gasteiger partial charge >= 0.3 is 0 Å². The van der Waals surface area contributed by atoms with Crippen LogP contribution in [0.15, 0.2) is 72.8 Å². The van der Waals surface area contributed by atoms with Gasteiger partial charge in [-0.2, -0.15) is 0 Å². The number of para-hydroxylation sites is 2. The second kappa shape index (κ2) is 7.88. The van der Waals surface area contributed by atoms with E-state index >= 15 is 0 Å². The summed E-state index contributed by atoms with van der Waals surface area (Å²) in [5, 5.41) is 0.744. The molecule has 0 spiro atoms. The van der Waals surface area contributed by atoms with Crippen LogP contribution in [0.4, 0.5) is 0 Å². The molecule has 3 aromatic carbocycles. The van der Waals surface area contributed by atoms with E-state index in [1.54, 1.807) is 0 Å². The number of hydrogen-bond donors (Lipinski definition) is 0. The summed E-state index contributed by atoms with van der Waals surface area (Å²) in [5.74, 6) is 0.945. The molecule has 0 aliphatic rings. The van der Waals surface area contributed by atoms with Crippen molar-refractivity contribution >= 4 is 34.8 Å². The Labute approximate surface area is 177 Å². The molecule has 146 valence electrons. The maximum atomic E-state index is 6.00. The zero-order chi connectivity index (χ0) is 20.4. The van der Waals surface area contributed by atoms with Crippen molar-refractivity contribution < 1.29 is 0 Å². The Morgan fingerprint density at radius 1 is 0.862 bits per heavy atom. The molecule has 0 aliphatic carbocycles. The van der Waals surface area contributed by atoms with E-state index in [1.807, 2.05) is 30.3 Å². The van der Waals surface area contributed by atoms with E-state index in [1.165, 1.54) is 11.1 Å². The molecule has 0 saturated heterocycles. The minimum Gasteiger partial charge on any atom is -0.320 e. The minimum atomic E-state index is 0.159. The maximum Gasteiger partial charge on any atom is 0.134 e. The lowest BCUT2D eigenvalue weighted by Crippen LogP contribution is -2.11. The SMILES string of the molecule is CC(C)(C)c1ccc(Cn2c(C=Cc3ccc(Cl)cc3)nc3ccccc32)cc1. The molecule has 0 atom stereocenters. The van der Waals surface area contributed by atoms with E-state index in [4.69, 9.17) is 16.6 Å². The highest BCUT2D eigenvalue weighted by Crippen LogP contribution is 2.24. The van der Waals surface area contributed by atoms with Gasteiger partial charge in [-0.3, -0.25) is 0 Å². The Balaban J connectivity index is 1.69. The lowest BCUT2D eigenvalue weighted by Gasteiger charge is -2.19. The number of hydrogen-bond acceptors (Lipinski definition) is 1. The van der Waals surface area contributed by atoms with E-state index in [-0.39, 0.29) is 5.41 Å². The van der Waals surface area contributed by atoms with Crippen LogP contribution in [0.3, 0.4) is 0 Å². The molecule has 0 fully saturated rings. The molecule has 2 nitrogen and oxygen atoms in total. The van der Waals surface area contributed by atoms with Crippen molar-refractivity contribution in [3.63, 3.8) is 0 Å². The Hall–Kier alpha value is -2.84. The molecule has 3 heteroatoms. The van der Waals surface area contributed by atoms with Crippen LogP contribution < -0.4 is 0 Å². The van der Waals surface area contributed by atoms with Crippen LogP contribution >= 0.6 is 11.6 Å². The van der Waals surface area contributed by atoms with Gasteiger partial charge in [-0.1, -0.05) is 87.0 Å². The lowest BCUT2D eigenvalue weighted by molar-refractivity contribution is 0.590. The monoisotopic (exact) mass is 400 g/mol. The molecule has 0 amide bonds. The van der Waals surface area contributed by atoms with Crippen LogP contribution in [0.2, 0.25) is 5.02 Å². The third-order valence-electron chi connectivity index (χ3n) is 5.14. The van der Waals surface area contributed by atoms with E-state index in [0.717, 1.165) is 34.0 Å². The number of rotatable bonds is 4. The van der Waals surface area contributed by atoms with Crippen molar-refractivity contribution in [1.82, 2.24) is 9.55 Å². The van der Waals surface area contributed by atoms with Crippen molar-refractivity contribution in [2.45, 2.75) is 32.7 Å². The molecule has 1 aromatic heterocycles. The van der Waals surface area contributed by atoms with Gasteiger partial charge in [0.1, 0.15) is 5.82 Å². The molecular formula is C26H25ClN2. The fraction of sp³-hybridized carbons (Fsp3) is 0.192. The van der Waals surface area contributed by atoms with Crippen LogP contribution in [0.1, 0.15) is 43.3 Å². The molecule has 4 aromatic rings. The number of benzene rings is 3. The molecule has 0 saturated carbocycles. The first-order valence-electron chi connectivity index (χ1n) is 9.88. The average molecular weight is 401 g/mol. The fourth-order valence-electron chi connectivity index (χ4n) is 3.42. The summed E-state index contributed by atoms with van der Waals surface area (Å²) >= 11 is 6.00. The summed E-state index contributed by atoms with van der Waals surface area (Å²) in [6.45, 7) is 7.51. The molecule has 0 aliphatic heterocycles. The predicted octanol–water partition coefficient (Wildman–Crippen LogP) is 7.21. The first-order valence-corrected chi connectivity index (χ1v) is 10.3. The summed E-state index contributed by atoms with van der Waals surface area (Å²) < 4.78 is 2.27. The van der Waals surface area contributed by atoms with E-state index in [9.17, 15) is 0 Å². The molecule has 0 unspecified atom stereocenters. The Bertz CT molecular complexity index is 1140. The van der Waals surface area contributed by atoms with Crippen LogP contribution in [-0.4, -0.2) is 9.55 Å². The number of fused-ring (bicyclic) bond motifs is 1. The number of nitrogens with zero attached hydrogens (tertiary/aromatic N) is 2. The zero-order valence-electron chi connectivity index (χ0n) is 17.1. The summed E-state index contributed by atoms with van der Waals surface area (Å²) in [6.07, 6.45) is 4.16. The van der Waals surface area contributed by atoms with Crippen LogP contribution in [0.5, 0.6) is 0 Å². The Kier molecular flexibility index (Phi) is 5.29. The van der Waals surface area contributed by atoms with Gasteiger partial charge in [0.2, 0.25) is 0 Å².